The fraction of sp³-hybridized carbons (Fsp3) is 0.500. The molecule has 0 unspecified atom stereocenters. The standard InChI is InChI=1S/C18H24N2O5/c1-13(25-15-10-6-3-7-11-15)17(22)24-12-16(21)20-18(23)19-14-8-4-2-5-9-14/h3,6-7,10-11,13-14H,2,4-5,8-9,12H2,1H3,(H2,19,20,21,23)/t13-/m0/s1. The molecule has 1 aromatic carbocycles. The first-order valence-corrected chi connectivity index (χ1v) is 8.53. The minimum Gasteiger partial charge on any atom is -0.479 e. The Balaban J connectivity index is 1.66. The fourth-order valence-electron chi connectivity index (χ4n) is 2.64. The van der Waals surface area contributed by atoms with E-state index in [1.54, 1.807) is 24.3 Å². The summed E-state index contributed by atoms with van der Waals surface area (Å²) >= 11 is 0. The summed E-state index contributed by atoms with van der Waals surface area (Å²) in [5.41, 5.74) is 0. The van der Waals surface area contributed by atoms with E-state index in [-0.39, 0.29) is 6.04 Å². The molecule has 1 saturated carbocycles. The van der Waals surface area contributed by atoms with Gasteiger partial charge in [0.05, 0.1) is 0 Å². The van der Waals surface area contributed by atoms with E-state index in [9.17, 15) is 14.4 Å². The molecule has 3 amide bonds. The monoisotopic (exact) mass is 348 g/mol. The molecule has 25 heavy (non-hydrogen) atoms. The second-order valence-corrected chi connectivity index (χ2v) is 6.04. The van der Waals surface area contributed by atoms with E-state index in [0.717, 1.165) is 25.7 Å². The smallest absolute Gasteiger partial charge is 0.347 e. The molecule has 2 rings (SSSR count). The number of para-hydroxylation sites is 1. The lowest BCUT2D eigenvalue weighted by atomic mass is 9.96. The molecule has 0 bridgehead atoms. The van der Waals surface area contributed by atoms with Crippen molar-refractivity contribution >= 4 is 17.9 Å². The SMILES string of the molecule is C[C@H](Oc1ccccc1)C(=O)OCC(=O)NC(=O)NC1CCCCC1. The van der Waals surface area contributed by atoms with Crippen LogP contribution in [0.1, 0.15) is 39.0 Å². The minimum atomic E-state index is -0.855. The van der Waals surface area contributed by atoms with Gasteiger partial charge in [0.15, 0.2) is 12.7 Å². The van der Waals surface area contributed by atoms with Crippen LogP contribution in [-0.4, -0.2) is 36.7 Å². The molecule has 0 heterocycles. The van der Waals surface area contributed by atoms with Crippen molar-refractivity contribution in [2.24, 2.45) is 0 Å². The quantitative estimate of drug-likeness (QED) is 0.768. The number of benzene rings is 1. The summed E-state index contributed by atoms with van der Waals surface area (Å²) in [4.78, 5) is 35.3. The molecule has 1 fully saturated rings. The van der Waals surface area contributed by atoms with Crippen molar-refractivity contribution in [2.45, 2.75) is 51.2 Å². The van der Waals surface area contributed by atoms with Gasteiger partial charge in [-0.2, -0.15) is 0 Å². The van der Waals surface area contributed by atoms with Crippen LogP contribution in [0.25, 0.3) is 0 Å². The van der Waals surface area contributed by atoms with Crippen LogP contribution in [0.5, 0.6) is 5.75 Å². The van der Waals surface area contributed by atoms with Crippen LogP contribution in [-0.2, 0) is 14.3 Å². The van der Waals surface area contributed by atoms with E-state index in [4.69, 9.17) is 9.47 Å². The zero-order valence-electron chi connectivity index (χ0n) is 14.3. The van der Waals surface area contributed by atoms with Crippen LogP contribution < -0.4 is 15.4 Å². The molecule has 0 saturated heterocycles. The first-order chi connectivity index (χ1) is 12.0. The van der Waals surface area contributed by atoms with Gasteiger partial charge >= 0.3 is 12.0 Å². The molecule has 0 aliphatic heterocycles. The zero-order valence-corrected chi connectivity index (χ0v) is 14.3. The van der Waals surface area contributed by atoms with Gasteiger partial charge in [-0.15, -0.1) is 0 Å². The summed E-state index contributed by atoms with van der Waals surface area (Å²) < 4.78 is 10.3. The van der Waals surface area contributed by atoms with Crippen LogP contribution in [0, 0.1) is 0 Å². The maximum absolute atomic E-state index is 11.8. The highest BCUT2D eigenvalue weighted by atomic mass is 16.6. The van der Waals surface area contributed by atoms with E-state index >= 15 is 0 Å². The molecule has 7 nitrogen and oxygen atoms in total. The summed E-state index contributed by atoms with van der Waals surface area (Å²) in [6, 6.07) is 8.37. The summed E-state index contributed by atoms with van der Waals surface area (Å²) in [5.74, 6) is -0.816. The molecule has 7 heteroatoms. The van der Waals surface area contributed by atoms with E-state index < -0.39 is 30.6 Å². The number of rotatable bonds is 6. The summed E-state index contributed by atoms with van der Waals surface area (Å²) in [6.45, 7) is 1.00. The van der Waals surface area contributed by atoms with Crippen molar-refractivity contribution in [1.29, 1.82) is 0 Å². The zero-order chi connectivity index (χ0) is 18.1. The highest BCUT2D eigenvalue weighted by Gasteiger charge is 2.20. The molecule has 1 aliphatic carbocycles. The molecule has 1 aliphatic rings. The highest BCUT2D eigenvalue weighted by Crippen LogP contribution is 2.17. The Bertz CT molecular complexity index is 584. The van der Waals surface area contributed by atoms with Gasteiger partial charge in [-0.05, 0) is 31.9 Å². The van der Waals surface area contributed by atoms with Gasteiger partial charge in [0, 0.05) is 6.04 Å². The van der Waals surface area contributed by atoms with Gasteiger partial charge in [-0.1, -0.05) is 37.5 Å². The van der Waals surface area contributed by atoms with Crippen LogP contribution in [0.2, 0.25) is 0 Å². The molecule has 1 atom stereocenters. The summed E-state index contributed by atoms with van der Waals surface area (Å²) in [5, 5.41) is 4.92. The number of imide groups is 1. The number of esters is 1. The molecular formula is C18H24N2O5. The normalized spacial score (nSPS) is 15.7. The Kier molecular flexibility index (Phi) is 7.25. The number of nitrogens with one attached hydrogen (secondary N) is 2. The molecular weight excluding hydrogens is 324 g/mol. The lowest BCUT2D eigenvalue weighted by molar-refractivity contribution is -0.154. The number of carbonyl (C=O) groups is 3. The lowest BCUT2D eigenvalue weighted by Crippen LogP contribution is -2.46. The Morgan fingerprint density at radius 3 is 2.48 bits per heavy atom. The molecule has 0 spiro atoms. The third kappa shape index (κ3) is 6.82. The van der Waals surface area contributed by atoms with Crippen molar-refractivity contribution in [3.8, 4) is 5.75 Å². The average molecular weight is 348 g/mol. The number of ether oxygens (including phenoxy) is 2. The topological polar surface area (TPSA) is 93.7 Å². The van der Waals surface area contributed by atoms with Crippen LogP contribution in [0.15, 0.2) is 30.3 Å². The van der Waals surface area contributed by atoms with Crippen molar-refractivity contribution in [2.75, 3.05) is 6.61 Å². The largest absolute Gasteiger partial charge is 0.479 e. The molecule has 0 radical (unpaired) electrons. The molecule has 0 aromatic heterocycles. The first kappa shape index (κ1) is 18.8. The van der Waals surface area contributed by atoms with E-state index in [1.807, 2.05) is 6.07 Å². The number of carbonyl (C=O) groups excluding carboxylic acids is 3. The second kappa shape index (κ2) is 9.66. The second-order valence-electron chi connectivity index (χ2n) is 6.04. The minimum absolute atomic E-state index is 0.100. The van der Waals surface area contributed by atoms with Crippen molar-refractivity contribution in [1.82, 2.24) is 10.6 Å². The Morgan fingerprint density at radius 2 is 1.80 bits per heavy atom. The maximum atomic E-state index is 11.8. The van der Waals surface area contributed by atoms with E-state index in [0.29, 0.717) is 5.75 Å². The van der Waals surface area contributed by atoms with Crippen molar-refractivity contribution < 1.29 is 23.9 Å². The number of amides is 3. The van der Waals surface area contributed by atoms with Crippen LogP contribution in [0.4, 0.5) is 4.79 Å². The van der Waals surface area contributed by atoms with E-state index in [1.165, 1.54) is 13.3 Å². The Hall–Kier alpha value is -2.57. The lowest BCUT2D eigenvalue weighted by Gasteiger charge is -2.22. The third-order valence-corrected chi connectivity index (χ3v) is 3.93. The number of hydrogen-bond acceptors (Lipinski definition) is 5. The first-order valence-electron chi connectivity index (χ1n) is 8.53. The molecule has 2 N–H and O–H groups in total. The van der Waals surface area contributed by atoms with E-state index in [2.05, 4.69) is 10.6 Å². The predicted molar refractivity (Wildman–Crippen MR) is 91.0 cm³/mol. The van der Waals surface area contributed by atoms with Gasteiger partial charge in [0.1, 0.15) is 5.75 Å². The number of hydrogen-bond donors (Lipinski definition) is 2. The number of urea groups is 1. The van der Waals surface area contributed by atoms with Crippen molar-refractivity contribution in [3.05, 3.63) is 30.3 Å². The molecule has 1 aromatic rings. The van der Waals surface area contributed by atoms with Crippen LogP contribution >= 0.6 is 0 Å². The van der Waals surface area contributed by atoms with Gasteiger partial charge < -0.3 is 14.8 Å². The van der Waals surface area contributed by atoms with Gasteiger partial charge in [0.2, 0.25) is 0 Å². The van der Waals surface area contributed by atoms with Gasteiger partial charge in [-0.25, -0.2) is 9.59 Å². The maximum Gasteiger partial charge on any atom is 0.347 e. The fourth-order valence-corrected chi connectivity index (χ4v) is 2.64. The predicted octanol–water partition coefficient (Wildman–Crippen LogP) is 2.16. The average Bonchev–Trinajstić information content (AvgIpc) is 2.61. The summed E-state index contributed by atoms with van der Waals surface area (Å²) in [6.07, 6.45) is 4.32. The highest BCUT2D eigenvalue weighted by molar-refractivity contribution is 5.95. The molecule has 136 valence electrons. The van der Waals surface area contributed by atoms with Crippen molar-refractivity contribution in [3.63, 3.8) is 0 Å². The Labute approximate surface area is 147 Å². The van der Waals surface area contributed by atoms with Gasteiger partial charge in [-0.3, -0.25) is 10.1 Å². The third-order valence-electron chi connectivity index (χ3n) is 3.93. The Morgan fingerprint density at radius 1 is 1.12 bits per heavy atom. The van der Waals surface area contributed by atoms with Crippen LogP contribution in [0.3, 0.4) is 0 Å². The van der Waals surface area contributed by atoms with Gasteiger partial charge in [0.25, 0.3) is 5.91 Å². The summed E-state index contributed by atoms with van der Waals surface area (Å²) in [7, 11) is 0.